The number of hydrogen-bond donors (Lipinski definition) is 0. The molecule has 0 radical (unpaired) electrons. The monoisotopic (exact) mass is 307 g/mol. The van der Waals surface area contributed by atoms with Gasteiger partial charge in [-0.3, -0.25) is 0 Å². The highest BCUT2D eigenvalue weighted by molar-refractivity contribution is 5.09. The summed E-state index contributed by atoms with van der Waals surface area (Å²) in [6, 6.07) is 0. The van der Waals surface area contributed by atoms with Crippen molar-refractivity contribution < 1.29 is 0 Å². The Morgan fingerprint density at radius 2 is 1.77 bits per heavy atom. The molecule has 130 valence electrons. The minimum atomic E-state index is 0.480. The molecule has 0 aromatic carbocycles. The molecule has 0 aliphatic heterocycles. The topological polar surface area (TPSA) is 3.24 Å². The fraction of sp³-hybridized carbons (Fsp3) is 0.810. The molecule has 0 aromatic rings. The van der Waals surface area contributed by atoms with Crippen molar-refractivity contribution in [1.29, 1.82) is 0 Å². The van der Waals surface area contributed by atoms with Gasteiger partial charge < -0.3 is 4.90 Å². The quantitative estimate of drug-likeness (QED) is 0.385. The number of allylic oxidation sites excluding steroid dienone is 3. The van der Waals surface area contributed by atoms with Gasteiger partial charge in [-0.05, 0) is 49.1 Å². The second kappa shape index (κ2) is 10.9. The van der Waals surface area contributed by atoms with Gasteiger partial charge in [-0.2, -0.15) is 0 Å². The van der Waals surface area contributed by atoms with Crippen LogP contribution in [0.4, 0.5) is 0 Å². The van der Waals surface area contributed by atoms with Crippen molar-refractivity contribution >= 4 is 0 Å². The number of hydrogen-bond acceptors (Lipinski definition) is 1. The maximum Gasteiger partial charge on any atom is 0.00555 e. The van der Waals surface area contributed by atoms with E-state index >= 15 is 0 Å². The minimum absolute atomic E-state index is 0.480. The van der Waals surface area contributed by atoms with E-state index in [0.29, 0.717) is 11.3 Å². The molecule has 1 nitrogen and oxygen atoms in total. The smallest absolute Gasteiger partial charge is 0.00555 e. The molecule has 0 spiro atoms. The molecule has 2 atom stereocenters. The molecule has 22 heavy (non-hydrogen) atoms. The molecule has 0 fully saturated rings. The molecule has 2 unspecified atom stereocenters. The third-order valence-corrected chi connectivity index (χ3v) is 4.89. The fourth-order valence-corrected chi connectivity index (χ4v) is 3.61. The highest BCUT2D eigenvalue weighted by Gasteiger charge is 2.26. The standard InChI is InChI=1S/C21H41N/c1-9-15-21(5,6)17-20(11-3)18(4)19(10-2)14-12-13-16-22(7)8/h13-14,16,18,20H,9-12,15,17H2,1-8H3. The van der Waals surface area contributed by atoms with E-state index in [0.717, 1.165) is 12.3 Å². The normalized spacial score (nSPS) is 16.1. The van der Waals surface area contributed by atoms with Crippen molar-refractivity contribution in [2.24, 2.45) is 17.3 Å². The molecule has 0 saturated carbocycles. The van der Waals surface area contributed by atoms with Gasteiger partial charge in [0.05, 0.1) is 0 Å². The van der Waals surface area contributed by atoms with Crippen LogP contribution in [0, 0.1) is 17.3 Å². The molecular weight excluding hydrogens is 266 g/mol. The average molecular weight is 308 g/mol. The Morgan fingerprint density at radius 1 is 1.14 bits per heavy atom. The Hall–Kier alpha value is -0.720. The van der Waals surface area contributed by atoms with E-state index in [4.69, 9.17) is 0 Å². The van der Waals surface area contributed by atoms with Gasteiger partial charge in [0.25, 0.3) is 0 Å². The molecule has 0 N–H and O–H groups in total. The Bertz CT molecular complexity index is 336. The molecule has 0 saturated heterocycles. The molecule has 0 aliphatic carbocycles. The Morgan fingerprint density at radius 3 is 2.23 bits per heavy atom. The van der Waals surface area contributed by atoms with Gasteiger partial charge >= 0.3 is 0 Å². The Labute approximate surface area is 140 Å². The van der Waals surface area contributed by atoms with Crippen LogP contribution >= 0.6 is 0 Å². The lowest BCUT2D eigenvalue weighted by molar-refractivity contribution is 0.208. The zero-order valence-electron chi connectivity index (χ0n) is 16.6. The Kier molecular flexibility index (Phi) is 10.6. The molecule has 0 rings (SSSR count). The summed E-state index contributed by atoms with van der Waals surface area (Å²) in [5.41, 5.74) is 2.12. The molecule has 0 bridgehead atoms. The van der Waals surface area contributed by atoms with E-state index in [1.54, 1.807) is 5.57 Å². The summed E-state index contributed by atoms with van der Waals surface area (Å²) in [4.78, 5) is 2.10. The SMILES string of the molecule is CCCC(C)(C)CC(CC)C(C)C(=CCC=CN(C)C)CC. The summed E-state index contributed by atoms with van der Waals surface area (Å²) in [5, 5.41) is 0. The first-order valence-corrected chi connectivity index (χ1v) is 9.29. The minimum Gasteiger partial charge on any atom is -0.384 e. The first-order chi connectivity index (χ1) is 10.3. The average Bonchev–Trinajstić information content (AvgIpc) is 2.44. The van der Waals surface area contributed by atoms with E-state index in [2.05, 4.69) is 78.9 Å². The van der Waals surface area contributed by atoms with Crippen LogP contribution in [0.2, 0.25) is 0 Å². The zero-order chi connectivity index (χ0) is 17.2. The van der Waals surface area contributed by atoms with Crippen LogP contribution in [0.3, 0.4) is 0 Å². The van der Waals surface area contributed by atoms with Gasteiger partial charge in [0, 0.05) is 14.1 Å². The van der Waals surface area contributed by atoms with Crippen molar-refractivity contribution in [3.63, 3.8) is 0 Å². The fourth-order valence-electron chi connectivity index (χ4n) is 3.61. The highest BCUT2D eigenvalue weighted by atomic mass is 15.0. The van der Waals surface area contributed by atoms with E-state index in [1.807, 2.05) is 0 Å². The summed E-state index contributed by atoms with van der Waals surface area (Å²) >= 11 is 0. The van der Waals surface area contributed by atoms with Crippen molar-refractivity contribution in [1.82, 2.24) is 4.90 Å². The molecular formula is C21H41N. The number of rotatable bonds is 11. The Balaban J connectivity index is 4.82. The van der Waals surface area contributed by atoms with Crippen LogP contribution in [-0.4, -0.2) is 19.0 Å². The van der Waals surface area contributed by atoms with Crippen LogP contribution in [0.25, 0.3) is 0 Å². The number of nitrogens with zero attached hydrogens (tertiary/aromatic N) is 1. The van der Waals surface area contributed by atoms with Crippen LogP contribution in [0.15, 0.2) is 23.9 Å². The van der Waals surface area contributed by atoms with Crippen molar-refractivity contribution in [2.75, 3.05) is 14.1 Å². The van der Waals surface area contributed by atoms with Crippen molar-refractivity contribution in [3.05, 3.63) is 23.9 Å². The third kappa shape index (κ3) is 8.66. The first-order valence-electron chi connectivity index (χ1n) is 9.29. The second-order valence-corrected chi connectivity index (χ2v) is 7.79. The highest BCUT2D eigenvalue weighted by Crippen LogP contribution is 2.38. The van der Waals surface area contributed by atoms with E-state index in [1.165, 1.54) is 32.1 Å². The van der Waals surface area contributed by atoms with E-state index < -0.39 is 0 Å². The predicted octanol–water partition coefficient (Wildman–Crippen LogP) is 6.67. The second-order valence-electron chi connectivity index (χ2n) is 7.79. The van der Waals surface area contributed by atoms with Crippen molar-refractivity contribution in [3.8, 4) is 0 Å². The summed E-state index contributed by atoms with van der Waals surface area (Å²) in [6.45, 7) is 14.3. The summed E-state index contributed by atoms with van der Waals surface area (Å²) in [7, 11) is 4.15. The van der Waals surface area contributed by atoms with Gasteiger partial charge in [-0.1, -0.05) is 72.1 Å². The van der Waals surface area contributed by atoms with E-state index in [-0.39, 0.29) is 0 Å². The van der Waals surface area contributed by atoms with Crippen LogP contribution in [0.5, 0.6) is 0 Å². The lowest BCUT2D eigenvalue weighted by atomic mass is 9.72. The van der Waals surface area contributed by atoms with Gasteiger partial charge in [0.15, 0.2) is 0 Å². The van der Waals surface area contributed by atoms with Crippen LogP contribution in [-0.2, 0) is 0 Å². The maximum atomic E-state index is 2.46. The van der Waals surface area contributed by atoms with Gasteiger partial charge in [-0.25, -0.2) is 0 Å². The lowest BCUT2D eigenvalue weighted by Gasteiger charge is -2.33. The molecule has 0 amide bonds. The first kappa shape index (κ1) is 21.3. The third-order valence-electron chi connectivity index (χ3n) is 4.89. The van der Waals surface area contributed by atoms with Crippen molar-refractivity contribution in [2.45, 2.75) is 80.1 Å². The predicted molar refractivity (Wildman–Crippen MR) is 102 cm³/mol. The summed E-state index contributed by atoms with van der Waals surface area (Å²) in [6.07, 6.45) is 14.4. The molecule has 1 heteroatoms. The molecule has 0 aliphatic rings. The van der Waals surface area contributed by atoms with Gasteiger partial charge in [0.2, 0.25) is 0 Å². The largest absolute Gasteiger partial charge is 0.384 e. The lowest BCUT2D eigenvalue weighted by Crippen LogP contribution is -2.22. The van der Waals surface area contributed by atoms with Crippen LogP contribution in [0.1, 0.15) is 80.1 Å². The van der Waals surface area contributed by atoms with E-state index in [9.17, 15) is 0 Å². The van der Waals surface area contributed by atoms with Gasteiger partial charge in [0.1, 0.15) is 0 Å². The zero-order valence-corrected chi connectivity index (χ0v) is 16.6. The summed E-state index contributed by atoms with van der Waals surface area (Å²) < 4.78 is 0. The van der Waals surface area contributed by atoms with Crippen LogP contribution < -0.4 is 0 Å². The molecule has 0 aromatic heterocycles. The summed E-state index contributed by atoms with van der Waals surface area (Å²) in [5.74, 6) is 1.52. The van der Waals surface area contributed by atoms with Gasteiger partial charge in [-0.15, -0.1) is 0 Å². The maximum absolute atomic E-state index is 2.46. The molecule has 0 heterocycles.